The Labute approximate surface area is 172 Å². The number of likely N-dealkylation sites (N-methyl/N-ethyl adjacent to an activating group) is 1. The van der Waals surface area contributed by atoms with Gasteiger partial charge in [-0.3, -0.25) is 4.98 Å². The van der Waals surface area contributed by atoms with Crippen molar-refractivity contribution < 1.29 is 14.6 Å². The average molecular weight is 392 g/mol. The zero-order valence-electron chi connectivity index (χ0n) is 17.4. The maximum atomic E-state index is 12.5. The highest BCUT2D eigenvalue weighted by atomic mass is 16.6. The number of ether oxygens (including phenoxy) is 1. The summed E-state index contributed by atoms with van der Waals surface area (Å²) in [5.41, 5.74) is 1.09. The second-order valence-corrected chi connectivity index (χ2v) is 8.31. The van der Waals surface area contributed by atoms with E-state index in [1.54, 1.807) is 25.5 Å². The molecule has 1 heterocycles. The molecule has 0 bridgehead atoms. The van der Waals surface area contributed by atoms with Crippen molar-refractivity contribution in [1.29, 1.82) is 0 Å². The summed E-state index contributed by atoms with van der Waals surface area (Å²) < 4.78 is 5.48. The summed E-state index contributed by atoms with van der Waals surface area (Å²) >= 11 is 0. The normalized spacial score (nSPS) is 13.7. The van der Waals surface area contributed by atoms with Gasteiger partial charge in [-0.05, 0) is 48.7 Å². The van der Waals surface area contributed by atoms with Gasteiger partial charge in [0.05, 0.1) is 6.10 Å². The van der Waals surface area contributed by atoms with Crippen molar-refractivity contribution in [3.8, 4) is 0 Å². The molecule has 0 aliphatic heterocycles. The zero-order chi connectivity index (χ0) is 21.0. The molecule has 0 aliphatic carbocycles. The molecule has 1 amide bonds. The number of fused-ring (bicyclic) bond motifs is 1. The van der Waals surface area contributed by atoms with Crippen LogP contribution in [0.3, 0.4) is 0 Å². The highest BCUT2D eigenvalue weighted by molar-refractivity contribution is 5.83. The Morgan fingerprint density at radius 3 is 2.45 bits per heavy atom. The molecule has 2 atom stereocenters. The van der Waals surface area contributed by atoms with Crippen LogP contribution in [-0.2, 0) is 4.74 Å². The molecule has 2 unspecified atom stereocenters. The van der Waals surface area contributed by atoms with Gasteiger partial charge in [-0.1, -0.05) is 48.5 Å². The van der Waals surface area contributed by atoms with E-state index < -0.39 is 17.8 Å². The number of pyridine rings is 1. The summed E-state index contributed by atoms with van der Waals surface area (Å²) in [6.07, 6.45) is 2.11. The van der Waals surface area contributed by atoms with Crippen LogP contribution in [0.2, 0.25) is 0 Å². The summed E-state index contributed by atoms with van der Waals surface area (Å²) in [6, 6.07) is 17.9. The Balaban J connectivity index is 1.93. The van der Waals surface area contributed by atoms with Gasteiger partial charge in [0.25, 0.3) is 0 Å². The number of hydrogen-bond donors (Lipinski definition) is 1. The summed E-state index contributed by atoms with van der Waals surface area (Å²) in [5, 5.41) is 13.4. The molecule has 0 fully saturated rings. The van der Waals surface area contributed by atoms with Crippen molar-refractivity contribution in [3.05, 3.63) is 78.1 Å². The zero-order valence-corrected chi connectivity index (χ0v) is 17.4. The summed E-state index contributed by atoms with van der Waals surface area (Å²) in [4.78, 5) is 18.2. The molecule has 5 nitrogen and oxygen atoms in total. The highest BCUT2D eigenvalue weighted by Gasteiger charge is 2.28. The van der Waals surface area contributed by atoms with Crippen molar-refractivity contribution >= 4 is 16.9 Å². The SMILES string of the molecule is CN(CC(c1ccc2ccccc2c1)C(O)c1cccnc1)C(=O)OC(C)(C)C. The summed E-state index contributed by atoms with van der Waals surface area (Å²) in [6.45, 7) is 5.82. The third kappa shape index (κ3) is 5.33. The minimum Gasteiger partial charge on any atom is -0.444 e. The van der Waals surface area contributed by atoms with E-state index in [1.807, 2.05) is 57.2 Å². The lowest BCUT2D eigenvalue weighted by molar-refractivity contribution is 0.0250. The fraction of sp³-hybridized carbons (Fsp3) is 0.333. The van der Waals surface area contributed by atoms with E-state index in [0.717, 1.165) is 16.3 Å². The molecule has 0 saturated carbocycles. The second kappa shape index (κ2) is 8.62. The molecule has 29 heavy (non-hydrogen) atoms. The Morgan fingerprint density at radius 2 is 1.79 bits per heavy atom. The van der Waals surface area contributed by atoms with Crippen LogP contribution in [-0.4, -0.2) is 40.3 Å². The fourth-order valence-corrected chi connectivity index (χ4v) is 3.32. The first-order chi connectivity index (χ1) is 13.7. The third-order valence-corrected chi connectivity index (χ3v) is 4.78. The molecule has 2 aromatic carbocycles. The number of aromatic nitrogens is 1. The molecule has 5 heteroatoms. The predicted molar refractivity (Wildman–Crippen MR) is 115 cm³/mol. The van der Waals surface area contributed by atoms with Gasteiger partial charge in [-0.25, -0.2) is 4.79 Å². The number of amides is 1. The lowest BCUT2D eigenvalue weighted by atomic mass is 9.88. The van der Waals surface area contributed by atoms with Crippen LogP contribution >= 0.6 is 0 Å². The molecule has 152 valence electrons. The van der Waals surface area contributed by atoms with E-state index >= 15 is 0 Å². The van der Waals surface area contributed by atoms with Crippen LogP contribution in [0.5, 0.6) is 0 Å². The lowest BCUT2D eigenvalue weighted by Gasteiger charge is -2.30. The van der Waals surface area contributed by atoms with Crippen LogP contribution in [0, 0.1) is 0 Å². The van der Waals surface area contributed by atoms with E-state index in [2.05, 4.69) is 17.1 Å². The van der Waals surface area contributed by atoms with Crippen LogP contribution in [0.4, 0.5) is 4.79 Å². The van der Waals surface area contributed by atoms with E-state index in [0.29, 0.717) is 12.1 Å². The van der Waals surface area contributed by atoms with E-state index in [4.69, 9.17) is 4.74 Å². The highest BCUT2D eigenvalue weighted by Crippen LogP contribution is 2.33. The number of carbonyl (C=O) groups is 1. The number of nitrogens with zero attached hydrogens (tertiary/aromatic N) is 2. The molecule has 0 saturated heterocycles. The fourth-order valence-electron chi connectivity index (χ4n) is 3.32. The number of hydrogen-bond acceptors (Lipinski definition) is 4. The molecular weight excluding hydrogens is 364 g/mol. The number of aliphatic hydroxyl groups is 1. The molecule has 3 rings (SSSR count). The first-order valence-corrected chi connectivity index (χ1v) is 9.75. The van der Waals surface area contributed by atoms with Crippen LogP contribution < -0.4 is 0 Å². The maximum absolute atomic E-state index is 12.5. The van der Waals surface area contributed by atoms with Gasteiger partial charge in [0.2, 0.25) is 0 Å². The van der Waals surface area contributed by atoms with E-state index in [1.165, 1.54) is 4.90 Å². The van der Waals surface area contributed by atoms with Crippen molar-refractivity contribution in [2.45, 2.75) is 38.4 Å². The van der Waals surface area contributed by atoms with Crippen LogP contribution in [0.25, 0.3) is 10.8 Å². The Hall–Kier alpha value is -2.92. The Kier molecular flexibility index (Phi) is 6.18. The monoisotopic (exact) mass is 392 g/mol. The van der Waals surface area contributed by atoms with Gasteiger partial charge in [0.15, 0.2) is 0 Å². The van der Waals surface area contributed by atoms with Crippen LogP contribution in [0.1, 0.15) is 43.9 Å². The molecule has 0 radical (unpaired) electrons. The lowest BCUT2D eigenvalue weighted by Crippen LogP contribution is -2.37. The Bertz CT molecular complexity index is 967. The molecule has 1 N–H and O–H groups in total. The van der Waals surface area contributed by atoms with Gasteiger partial charge in [0, 0.05) is 31.9 Å². The quantitative estimate of drug-likeness (QED) is 0.669. The topological polar surface area (TPSA) is 62.7 Å². The van der Waals surface area contributed by atoms with E-state index in [9.17, 15) is 9.90 Å². The molecule has 0 aliphatic rings. The molecule has 0 spiro atoms. The molecule has 3 aromatic rings. The summed E-state index contributed by atoms with van der Waals surface area (Å²) in [7, 11) is 1.69. The second-order valence-electron chi connectivity index (χ2n) is 8.31. The third-order valence-electron chi connectivity index (χ3n) is 4.78. The van der Waals surface area contributed by atoms with Gasteiger partial charge in [0.1, 0.15) is 5.60 Å². The van der Waals surface area contributed by atoms with Crippen molar-refractivity contribution in [3.63, 3.8) is 0 Å². The first kappa shape index (κ1) is 20.8. The number of benzene rings is 2. The average Bonchev–Trinajstić information content (AvgIpc) is 2.70. The Morgan fingerprint density at radius 1 is 1.07 bits per heavy atom. The largest absolute Gasteiger partial charge is 0.444 e. The molecule has 1 aromatic heterocycles. The van der Waals surface area contributed by atoms with Crippen molar-refractivity contribution in [1.82, 2.24) is 9.88 Å². The van der Waals surface area contributed by atoms with Gasteiger partial charge >= 0.3 is 6.09 Å². The van der Waals surface area contributed by atoms with Gasteiger partial charge < -0.3 is 14.7 Å². The minimum atomic E-state index is -0.810. The first-order valence-electron chi connectivity index (χ1n) is 9.75. The number of rotatable bonds is 5. The summed E-state index contributed by atoms with van der Waals surface area (Å²) in [5.74, 6) is -0.332. The number of carbonyl (C=O) groups excluding carboxylic acids is 1. The standard InChI is InChI=1S/C24H28N2O3/c1-24(2,3)29-23(28)26(4)16-21(22(27)20-10-7-13-25-15-20)19-12-11-17-8-5-6-9-18(17)14-19/h5-15,21-22,27H,16H2,1-4H3. The smallest absolute Gasteiger partial charge is 0.410 e. The van der Waals surface area contributed by atoms with Gasteiger partial charge in [-0.15, -0.1) is 0 Å². The predicted octanol–water partition coefficient (Wildman–Crippen LogP) is 4.92. The maximum Gasteiger partial charge on any atom is 0.410 e. The number of aliphatic hydroxyl groups excluding tert-OH is 1. The molecular formula is C24H28N2O3. The van der Waals surface area contributed by atoms with Crippen LogP contribution in [0.15, 0.2) is 67.0 Å². The van der Waals surface area contributed by atoms with Crippen molar-refractivity contribution in [2.75, 3.05) is 13.6 Å². The van der Waals surface area contributed by atoms with Gasteiger partial charge in [-0.2, -0.15) is 0 Å². The minimum absolute atomic E-state index is 0.309. The van der Waals surface area contributed by atoms with E-state index in [-0.39, 0.29) is 5.92 Å². The van der Waals surface area contributed by atoms with Crippen molar-refractivity contribution in [2.24, 2.45) is 0 Å².